The van der Waals surface area contributed by atoms with Crippen molar-refractivity contribution in [3.8, 4) is 0 Å². The molecule has 2 rings (SSSR count). The number of benzene rings is 1. The van der Waals surface area contributed by atoms with E-state index in [1.165, 1.54) is 6.92 Å². The van der Waals surface area contributed by atoms with Gasteiger partial charge in [0.1, 0.15) is 5.82 Å². The summed E-state index contributed by atoms with van der Waals surface area (Å²) < 4.78 is 36.8. The molecule has 0 unspecified atom stereocenters. The lowest BCUT2D eigenvalue weighted by Crippen LogP contribution is -2.31. The van der Waals surface area contributed by atoms with Crippen LogP contribution in [0.3, 0.4) is 0 Å². The number of halogens is 1. The quantitative estimate of drug-likeness (QED) is 0.867. The van der Waals surface area contributed by atoms with Crippen molar-refractivity contribution < 1.29 is 17.6 Å². The number of hydrogen-bond acceptors (Lipinski definition) is 3. The Labute approximate surface area is 123 Å². The van der Waals surface area contributed by atoms with Gasteiger partial charge in [-0.3, -0.25) is 4.79 Å². The number of sulfonamides is 1. The van der Waals surface area contributed by atoms with Gasteiger partial charge in [-0.05, 0) is 49.3 Å². The first-order chi connectivity index (χ1) is 9.68. The van der Waals surface area contributed by atoms with Gasteiger partial charge in [0.2, 0.25) is 10.0 Å². The molecule has 116 valence electrons. The summed E-state index contributed by atoms with van der Waals surface area (Å²) >= 11 is 0. The molecule has 0 spiro atoms. The van der Waals surface area contributed by atoms with Crippen LogP contribution in [0.15, 0.2) is 17.0 Å². The molecule has 0 bridgehead atoms. The molecule has 21 heavy (non-hydrogen) atoms. The maximum atomic E-state index is 13.9. The Morgan fingerprint density at radius 3 is 2.52 bits per heavy atom. The first-order valence-electron chi connectivity index (χ1n) is 6.80. The zero-order valence-electron chi connectivity index (χ0n) is 12.1. The van der Waals surface area contributed by atoms with E-state index in [9.17, 15) is 17.6 Å². The highest BCUT2D eigenvalue weighted by atomic mass is 32.2. The van der Waals surface area contributed by atoms with E-state index in [2.05, 4.69) is 5.32 Å². The number of nitrogens with one attached hydrogen (secondary N) is 1. The van der Waals surface area contributed by atoms with Gasteiger partial charge < -0.3 is 5.32 Å². The van der Waals surface area contributed by atoms with E-state index in [-0.39, 0.29) is 21.4 Å². The Balaban J connectivity index is 2.24. The fraction of sp³-hybridized carbons (Fsp3) is 0.500. The highest BCUT2D eigenvalue weighted by Gasteiger charge is 2.40. The average molecular weight is 314 g/mol. The minimum atomic E-state index is -3.99. The van der Waals surface area contributed by atoms with Crippen molar-refractivity contribution in [3.05, 3.63) is 29.1 Å². The molecule has 1 aromatic carbocycles. The van der Waals surface area contributed by atoms with Crippen molar-refractivity contribution in [2.24, 2.45) is 10.6 Å². The third-order valence-electron chi connectivity index (χ3n) is 4.15. The summed E-state index contributed by atoms with van der Waals surface area (Å²) in [4.78, 5) is 11.8. The minimum absolute atomic E-state index is 0.125. The zero-order chi connectivity index (χ0) is 15.8. The van der Waals surface area contributed by atoms with Crippen molar-refractivity contribution in [2.75, 3.05) is 6.54 Å². The van der Waals surface area contributed by atoms with Crippen LogP contribution in [0.5, 0.6) is 0 Å². The van der Waals surface area contributed by atoms with Crippen molar-refractivity contribution in [2.45, 2.75) is 38.0 Å². The van der Waals surface area contributed by atoms with Crippen LogP contribution < -0.4 is 10.5 Å². The van der Waals surface area contributed by atoms with Crippen molar-refractivity contribution in [1.29, 1.82) is 0 Å². The average Bonchev–Trinajstić information content (AvgIpc) is 3.15. The molecule has 3 N–H and O–H groups in total. The van der Waals surface area contributed by atoms with Crippen molar-refractivity contribution in [3.63, 3.8) is 0 Å². The SMILES string of the molecule is CCC1(CNC(=O)c2cc(S(N)(=O)=O)c(C)cc2F)CC1. The van der Waals surface area contributed by atoms with Crippen LogP contribution in [-0.4, -0.2) is 20.9 Å². The lowest BCUT2D eigenvalue weighted by atomic mass is 10.0. The molecule has 0 atom stereocenters. The number of hydrogen-bond donors (Lipinski definition) is 2. The third kappa shape index (κ3) is 3.41. The lowest BCUT2D eigenvalue weighted by molar-refractivity contribution is 0.0940. The van der Waals surface area contributed by atoms with Gasteiger partial charge in [0.05, 0.1) is 10.5 Å². The second-order valence-electron chi connectivity index (χ2n) is 5.68. The van der Waals surface area contributed by atoms with E-state index in [0.717, 1.165) is 31.4 Å². The molecular weight excluding hydrogens is 295 g/mol. The molecule has 1 aliphatic carbocycles. The molecular formula is C14H19FN2O3S. The largest absolute Gasteiger partial charge is 0.351 e. The normalized spacial score (nSPS) is 16.6. The molecule has 5 nitrogen and oxygen atoms in total. The molecule has 0 heterocycles. The van der Waals surface area contributed by atoms with Gasteiger partial charge in [-0.2, -0.15) is 0 Å². The summed E-state index contributed by atoms with van der Waals surface area (Å²) in [5, 5.41) is 7.75. The number of carbonyl (C=O) groups excluding carboxylic acids is 1. The first-order valence-corrected chi connectivity index (χ1v) is 8.34. The van der Waals surface area contributed by atoms with Crippen LogP contribution in [-0.2, 0) is 10.0 Å². The van der Waals surface area contributed by atoms with Crippen LogP contribution in [0, 0.1) is 18.2 Å². The standard InChI is InChI=1S/C14H19FN2O3S/c1-3-14(4-5-14)8-17-13(18)10-7-12(21(16,19)20)9(2)6-11(10)15/h6-7H,3-5,8H2,1-2H3,(H,17,18)(H2,16,19,20). The van der Waals surface area contributed by atoms with Gasteiger partial charge in [-0.25, -0.2) is 17.9 Å². The topological polar surface area (TPSA) is 89.3 Å². The molecule has 1 fully saturated rings. The maximum Gasteiger partial charge on any atom is 0.254 e. The summed E-state index contributed by atoms with van der Waals surface area (Å²) in [5.41, 5.74) is 0.00915. The fourth-order valence-electron chi connectivity index (χ4n) is 2.33. The Kier molecular flexibility index (Phi) is 4.08. The van der Waals surface area contributed by atoms with Crippen molar-refractivity contribution >= 4 is 15.9 Å². The van der Waals surface area contributed by atoms with Gasteiger partial charge in [0.25, 0.3) is 5.91 Å². The van der Waals surface area contributed by atoms with E-state index in [1.54, 1.807) is 0 Å². The molecule has 0 saturated heterocycles. The zero-order valence-corrected chi connectivity index (χ0v) is 12.9. The highest BCUT2D eigenvalue weighted by Crippen LogP contribution is 2.47. The highest BCUT2D eigenvalue weighted by molar-refractivity contribution is 7.89. The van der Waals surface area contributed by atoms with Crippen molar-refractivity contribution in [1.82, 2.24) is 5.32 Å². The van der Waals surface area contributed by atoms with Crippen LogP contribution in [0.1, 0.15) is 42.1 Å². The molecule has 0 aliphatic heterocycles. The van der Waals surface area contributed by atoms with E-state index in [0.29, 0.717) is 6.54 Å². The molecule has 0 radical (unpaired) electrons. The molecule has 7 heteroatoms. The smallest absolute Gasteiger partial charge is 0.254 e. The Morgan fingerprint density at radius 2 is 2.05 bits per heavy atom. The van der Waals surface area contributed by atoms with E-state index < -0.39 is 21.7 Å². The van der Waals surface area contributed by atoms with Gasteiger partial charge >= 0.3 is 0 Å². The number of rotatable bonds is 5. The van der Waals surface area contributed by atoms with E-state index >= 15 is 0 Å². The summed E-state index contributed by atoms with van der Waals surface area (Å²) in [6.07, 6.45) is 3.04. The van der Waals surface area contributed by atoms with Crippen LogP contribution in [0.2, 0.25) is 0 Å². The number of carbonyl (C=O) groups is 1. The molecule has 1 aromatic rings. The number of aryl methyl sites for hydroxylation is 1. The first kappa shape index (κ1) is 15.9. The predicted molar refractivity (Wildman–Crippen MR) is 76.8 cm³/mol. The van der Waals surface area contributed by atoms with Crippen LogP contribution >= 0.6 is 0 Å². The summed E-state index contributed by atoms with van der Waals surface area (Å²) in [6, 6.07) is 2.02. The predicted octanol–water partition coefficient (Wildman–Crippen LogP) is 1.70. The Bertz CT molecular complexity index is 682. The van der Waals surface area contributed by atoms with Gasteiger partial charge in [0, 0.05) is 6.54 Å². The Hall–Kier alpha value is -1.47. The minimum Gasteiger partial charge on any atom is -0.351 e. The summed E-state index contributed by atoms with van der Waals surface area (Å²) in [5.74, 6) is -1.36. The Morgan fingerprint density at radius 1 is 1.43 bits per heavy atom. The van der Waals surface area contributed by atoms with Crippen LogP contribution in [0.25, 0.3) is 0 Å². The fourth-order valence-corrected chi connectivity index (χ4v) is 3.12. The third-order valence-corrected chi connectivity index (χ3v) is 5.20. The number of nitrogens with two attached hydrogens (primary N) is 1. The summed E-state index contributed by atoms with van der Waals surface area (Å²) in [6.45, 7) is 3.95. The molecule has 0 aromatic heterocycles. The molecule has 1 aliphatic rings. The van der Waals surface area contributed by atoms with Gasteiger partial charge in [-0.15, -0.1) is 0 Å². The molecule has 1 amide bonds. The maximum absolute atomic E-state index is 13.9. The lowest BCUT2D eigenvalue weighted by Gasteiger charge is -2.14. The number of amides is 1. The summed E-state index contributed by atoms with van der Waals surface area (Å²) in [7, 11) is -3.99. The van der Waals surface area contributed by atoms with Crippen LogP contribution in [0.4, 0.5) is 4.39 Å². The second kappa shape index (κ2) is 5.38. The van der Waals surface area contributed by atoms with Gasteiger partial charge in [-0.1, -0.05) is 6.92 Å². The van der Waals surface area contributed by atoms with Gasteiger partial charge in [0.15, 0.2) is 0 Å². The monoisotopic (exact) mass is 314 g/mol. The second-order valence-corrected chi connectivity index (χ2v) is 7.21. The molecule has 1 saturated carbocycles. The van der Waals surface area contributed by atoms with E-state index in [4.69, 9.17) is 5.14 Å². The van der Waals surface area contributed by atoms with E-state index in [1.807, 2.05) is 6.92 Å². The number of primary sulfonamides is 1.